The number of carbonyl (C=O) groups is 1. The van der Waals surface area contributed by atoms with Gasteiger partial charge in [0.05, 0.1) is 0 Å². The molecular weight excluding hydrogens is 162 g/mol. The van der Waals surface area contributed by atoms with Gasteiger partial charge in [-0.2, -0.15) is 0 Å². The van der Waals surface area contributed by atoms with E-state index in [1.54, 1.807) is 4.90 Å². The maximum atomic E-state index is 11.6. The monoisotopic (exact) mass is 173 g/mol. The molecule has 0 radical (unpaired) electrons. The van der Waals surface area contributed by atoms with E-state index in [1.807, 2.05) is 43.5 Å². The molecule has 2 rings (SSSR count). The maximum absolute atomic E-state index is 11.6. The van der Waals surface area contributed by atoms with Crippen LogP contribution in [0.25, 0.3) is 5.57 Å². The number of likely N-dealkylation sites (N-methyl/N-ethyl adjacent to an activating group) is 1. The van der Waals surface area contributed by atoms with Crippen LogP contribution in [0.4, 0.5) is 0 Å². The van der Waals surface area contributed by atoms with Gasteiger partial charge >= 0.3 is 0 Å². The van der Waals surface area contributed by atoms with E-state index in [4.69, 9.17) is 0 Å². The van der Waals surface area contributed by atoms with Gasteiger partial charge in [0.2, 0.25) is 0 Å². The van der Waals surface area contributed by atoms with Crippen LogP contribution in [0.1, 0.15) is 5.56 Å². The molecule has 1 aliphatic rings. The van der Waals surface area contributed by atoms with Crippen molar-refractivity contribution in [1.82, 2.24) is 4.90 Å². The fourth-order valence-electron chi connectivity index (χ4n) is 1.46. The van der Waals surface area contributed by atoms with Crippen LogP contribution in [0.5, 0.6) is 0 Å². The molecule has 0 bridgehead atoms. The molecule has 13 heavy (non-hydrogen) atoms. The summed E-state index contributed by atoms with van der Waals surface area (Å²) in [7, 11) is 1.81. The predicted molar refractivity (Wildman–Crippen MR) is 52.1 cm³/mol. The minimum atomic E-state index is 0.117. The summed E-state index contributed by atoms with van der Waals surface area (Å²) in [6.07, 6.45) is 1.97. The van der Waals surface area contributed by atoms with E-state index in [2.05, 4.69) is 0 Å². The Morgan fingerprint density at radius 2 is 1.92 bits per heavy atom. The molecule has 66 valence electrons. The van der Waals surface area contributed by atoms with Gasteiger partial charge in [0, 0.05) is 19.2 Å². The van der Waals surface area contributed by atoms with Crippen molar-refractivity contribution >= 4 is 11.5 Å². The third kappa shape index (κ3) is 1.35. The number of amides is 1. The highest BCUT2D eigenvalue weighted by Crippen LogP contribution is 2.20. The first-order chi connectivity index (χ1) is 6.29. The normalized spacial score (nSPS) is 16.2. The summed E-state index contributed by atoms with van der Waals surface area (Å²) in [5.41, 5.74) is 1.83. The van der Waals surface area contributed by atoms with Crippen molar-refractivity contribution in [3.8, 4) is 0 Å². The van der Waals surface area contributed by atoms with E-state index < -0.39 is 0 Å². The van der Waals surface area contributed by atoms with Gasteiger partial charge in [-0.3, -0.25) is 4.79 Å². The SMILES string of the molecule is CN1CC=C(c2ccccc2)C1=O. The summed E-state index contributed by atoms with van der Waals surface area (Å²) in [6.45, 7) is 0.725. The highest BCUT2D eigenvalue weighted by atomic mass is 16.2. The summed E-state index contributed by atoms with van der Waals surface area (Å²) < 4.78 is 0. The Balaban J connectivity index is 2.34. The smallest absolute Gasteiger partial charge is 0.254 e. The van der Waals surface area contributed by atoms with E-state index >= 15 is 0 Å². The number of rotatable bonds is 1. The van der Waals surface area contributed by atoms with E-state index in [-0.39, 0.29) is 5.91 Å². The average molecular weight is 173 g/mol. The zero-order chi connectivity index (χ0) is 9.26. The summed E-state index contributed by atoms with van der Waals surface area (Å²) in [5, 5.41) is 0. The molecule has 1 aliphatic heterocycles. The Kier molecular flexibility index (Phi) is 1.89. The number of hydrogen-bond donors (Lipinski definition) is 0. The Morgan fingerprint density at radius 3 is 2.46 bits per heavy atom. The highest BCUT2D eigenvalue weighted by Gasteiger charge is 2.20. The molecule has 1 heterocycles. The van der Waals surface area contributed by atoms with Crippen molar-refractivity contribution < 1.29 is 4.79 Å². The molecular formula is C11H11NO. The van der Waals surface area contributed by atoms with Crippen molar-refractivity contribution in [2.45, 2.75) is 0 Å². The molecule has 0 saturated carbocycles. The lowest BCUT2D eigenvalue weighted by atomic mass is 10.1. The molecule has 0 spiro atoms. The van der Waals surface area contributed by atoms with Crippen LogP contribution in [0.15, 0.2) is 36.4 Å². The molecule has 0 fully saturated rings. The molecule has 0 atom stereocenters. The van der Waals surface area contributed by atoms with Crippen molar-refractivity contribution in [3.05, 3.63) is 42.0 Å². The van der Waals surface area contributed by atoms with Crippen LogP contribution < -0.4 is 0 Å². The van der Waals surface area contributed by atoms with Gasteiger partial charge in [0.25, 0.3) is 5.91 Å². The standard InChI is InChI=1S/C11H11NO/c1-12-8-7-10(11(12)13)9-5-3-2-4-6-9/h2-7H,8H2,1H3. The van der Waals surface area contributed by atoms with Gasteiger partial charge in [-0.15, -0.1) is 0 Å². The van der Waals surface area contributed by atoms with Crippen molar-refractivity contribution in [1.29, 1.82) is 0 Å². The number of carbonyl (C=O) groups excluding carboxylic acids is 1. The lowest BCUT2D eigenvalue weighted by Gasteiger charge is -2.08. The maximum Gasteiger partial charge on any atom is 0.254 e. The van der Waals surface area contributed by atoms with E-state index in [1.165, 1.54) is 0 Å². The Bertz CT molecular complexity index is 354. The summed E-state index contributed by atoms with van der Waals surface area (Å²) >= 11 is 0. The summed E-state index contributed by atoms with van der Waals surface area (Å²) in [4.78, 5) is 13.3. The van der Waals surface area contributed by atoms with Gasteiger partial charge in [-0.25, -0.2) is 0 Å². The third-order valence-corrected chi connectivity index (χ3v) is 2.23. The second kappa shape index (κ2) is 3.05. The molecule has 0 N–H and O–H groups in total. The Morgan fingerprint density at radius 1 is 1.23 bits per heavy atom. The molecule has 1 aromatic rings. The van der Waals surface area contributed by atoms with E-state index in [0.717, 1.165) is 17.7 Å². The van der Waals surface area contributed by atoms with Gasteiger partial charge in [-0.1, -0.05) is 36.4 Å². The van der Waals surface area contributed by atoms with Crippen molar-refractivity contribution in [2.24, 2.45) is 0 Å². The van der Waals surface area contributed by atoms with Gasteiger partial charge < -0.3 is 4.90 Å². The minimum Gasteiger partial charge on any atom is -0.338 e. The number of hydrogen-bond acceptors (Lipinski definition) is 1. The van der Waals surface area contributed by atoms with Crippen LogP contribution in [-0.4, -0.2) is 24.4 Å². The Labute approximate surface area is 77.5 Å². The molecule has 0 unspecified atom stereocenters. The predicted octanol–water partition coefficient (Wildman–Crippen LogP) is 1.54. The quantitative estimate of drug-likeness (QED) is 0.630. The van der Waals surface area contributed by atoms with Crippen molar-refractivity contribution in [3.63, 3.8) is 0 Å². The minimum absolute atomic E-state index is 0.117. The molecule has 0 saturated heterocycles. The number of benzene rings is 1. The topological polar surface area (TPSA) is 20.3 Å². The molecule has 1 amide bonds. The Hall–Kier alpha value is -1.57. The van der Waals surface area contributed by atoms with Gasteiger partial charge in [0.15, 0.2) is 0 Å². The van der Waals surface area contributed by atoms with Crippen LogP contribution >= 0.6 is 0 Å². The van der Waals surface area contributed by atoms with Crippen LogP contribution in [0.2, 0.25) is 0 Å². The summed E-state index contributed by atoms with van der Waals surface area (Å²) in [5.74, 6) is 0.117. The second-order valence-corrected chi connectivity index (χ2v) is 3.17. The number of nitrogens with zero attached hydrogens (tertiary/aromatic N) is 1. The van der Waals surface area contributed by atoms with Crippen LogP contribution in [0, 0.1) is 0 Å². The first-order valence-corrected chi connectivity index (χ1v) is 4.30. The first kappa shape index (κ1) is 8.05. The molecule has 2 nitrogen and oxygen atoms in total. The van der Waals surface area contributed by atoms with Crippen LogP contribution in [-0.2, 0) is 4.79 Å². The zero-order valence-electron chi connectivity index (χ0n) is 7.53. The fraction of sp³-hybridized carbons (Fsp3) is 0.182. The fourth-order valence-corrected chi connectivity index (χ4v) is 1.46. The van der Waals surface area contributed by atoms with E-state index in [0.29, 0.717) is 0 Å². The lowest BCUT2D eigenvalue weighted by Crippen LogP contribution is -2.21. The lowest BCUT2D eigenvalue weighted by molar-refractivity contribution is -0.122. The zero-order valence-corrected chi connectivity index (χ0v) is 7.53. The molecule has 1 aromatic carbocycles. The second-order valence-electron chi connectivity index (χ2n) is 3.17. The third-order valence-electron chi connectivity index (χ3n) is 2.23. The van der Waals surface area contributed by atoms with E-state index in [9.17, 15) is 4.79 Å². The van der Waals surface area contributed by atoms with Gasteiger partial charge in [0.1, 0.15) is 0 Å². The van der Waals surface area contributed by atoms with Crippen molar-refractivity contribution in [2.75, 3.05) is 13.6 Å². The molecule has 0 aromatic heterocycles. The summed E-state index contributed by atoms with van der Waals surface area (Å²) in [6, 6.07) is 9.77. The average Bonchev–Trinajstić information content (AvgIpc) is 2.49. The highest BCUT2D eigenvalue weighted by molar-refractivity contribution is 6.21. The van der Waals surface area contributed by atoms with Crippen LogP contribution in [0.3, 0.4) is 0 Å². The molecule has 2 heteroatoms. The molecule has 0 aliphatic carbocycles. The first-order valence-electron chi connectivity index (χ1n) is 4.30. The largest absolute Gasteiger partial charge is 0.338 e. The van der Waals surface area contributed by atoms with Gasteiger partial charge in [-0.05, 0) is 5.56 Å².